The summed E-state index contributed by atoms with van der Waals surface area (Å²) in [6.07, 6.45) is 1.19. The number of aromatic nitrogens is 1. The van der Waals surface area contributed by atoms with Gasteiger partial charge in [0.05, 0.1) is 17.0 Å². The van der Waals surface area contributed by atoms with E-state index in [0.29, 0.717) is 32.6 Å². The number of pyridine rings is 1. The average Bonchev–Trinajstić information content (AvgIpc) is 2.62. The van der Waals surface area contributed by atoms with Crippen LogP contribution in [0.25, 0.3) is 22.4 Å². The van der Waals surface area contributed by atoms with Crippen LogP contribution in [0.1, 0.15) is 11.1 Å². The molecule has 0 unspecified atom stereocenters. The molecule has 27 heavy (non-hydrogen) atoms. The second-order valence-electron chi connectivity index (χ2n) is 6.11. The average molecular weight is 445 g/mol. The first kappa shape index (κ1) is 19.2. The molecule has 0 bridgehead atoms. The Bertz CT molecular complexity index is 1140. The molecule has 2 aromatic carbocycles. The third kappa shape index (κ3) is 4.59. The van der Waals surface area contributed by atoms with E-state index in [2.05, 4.69) is 27.0 Å². The molecule has 1 aromatic heterocycles. The largest absolute Gasteiger partial charge is 0.239 e. The second kappa shape index (κ2) is 7.59. The van der Waals surface area contributed by atoms with Crippen molar-refractivity contribution in [1.82, 2.24) is 4.98 Å². The lowest BCUT2D eigenvalue weighted by molar-refractivity contribution is 0.601. The molecule has 0 N–H and O–H groups in total. The first-order valence-electron chi connectivity index (χ1n) is 7.90. The number of hydrogen-bond donors (Lipinski definition) is 0. The Balaban J connectivity index is 2.13. The third-order valence-corrected chi connectivity index (χ3v) is 5.37. The van der Waals surface area contributed by atoms with Crippen molar-refractivity contribution in [3.05, 3.63) is 76.1 Å². The predicted octanol–water partition coefficient (Wildman–Crippen LogP) is 4.73. The fourth-order valence-electron chi connectivity index (χ4n) is 2.70. The van der Waals surface area contributed by atoms with Crippen molar-refractivity contribution in [3.63, 3.8) is 0 Å². The van der Waals surface area contributed by atoms with Gasteiger partial charge in [0.25, 0.3) is 0 Å². The molecule has 7 heteroatoms. The van der Waals surface area contributed by atoms with Gasteiger partial charge in [-0.25, -0.2) is 17.8 Å². The van der Waals surface area contributed by atoms with Crippen molar-refractivity contribution in [2.45, 2.75) is 5.75 Å². The highest BCUT2D eigenvalue weighted by Gasteiger charge is 2.14. The lowest BCUT2D eigenvalue weighted by Gasteiger charge is -2.12. The second-order valence-corrected chi connectivity index (χ2v) is 9.00. The lowest BCUT2D eigenvalue weighted by Crippen LogP contribution is -2.00. The standard InChI is InChI=1S/C20H14BrFN2O2S/c1-27(25,26)12-13-2-4-14(5-3-13)18-10-16(11-23)20(21)24-19(18)15-6-8-17(22)9-7-15/h2-10H,12H2,1H3. The fraction of sp³-hybridized carbons (Fsp3) is 0.100. The Morgan fingerprint density at radius 2 is 1.67 bits per heavy atom. The van der Waals surface area contributed by atoms with Crippen LogP contribution in [-0.2, 0) is 15.6 Å². The number of sulfone groups is 1. The molecular weight excluding hydrogens is 431 g/mol. The van der Waals surface area contributed by atoms with Crippen molar-refractivity contribution in [3.8, 4) is 28.5 Å². The molecule has 0 saturated heterocycles. The molecular formula is C20H14BrFN2O2S. The summed E-state index contributed by atoms with van der Waals surface area (Å²) in [5.74, 6) is -0.390. The van der Waals surface area contributed by atoms with Crippen molar-refractivity contribution in [2.75, 3.05) is 6.26 Å². The molecule has 0 aliphatic rings. The van der Waals surface area contributed by atoms with E-state index in [1.54, 1.807) is 42.5 Å². The molecule has 0 atom stereocenters. The number of benzene rings is 2. The highest BCUT2D eigenvalue weighted by atomic mass is 79.9. The van der Waals surface area contributed by atoms with Gasteiger partial charge in [0, 0.05) is 17.4 Å². The van der Waals surface area contributed by atoms with Gasteiger partial charge in [0.15, 0.2) is 9.84 Å². The molecule has 136 valence electrons. The van der Waals surface area contributed by atoms with E-state index < -0.39 is 9.84 Å². The summed E-state index contributed by atoms with van der Waals surface area (Å²) in [6, 6.07) is 16.8. The van der Waals surface area contributed by atoms with Gasteiger partial charge in [-0.15, -0.1) is 0 Å². The monoisotopic (exact) mass is 444 g/mol. The van der Waals surface area contributed by atoms with Crippen LogP contribution >= 0.6 is 15.9 Å². The van der Waals surface area contributed by atoms with E-state index in [1.165, 1.54) is 18.4 Å². The maximum atomic E-state index is 13.3. The van der Waals surface area contributed by atoms with Gasteiger partial charge >= 0.3 is 0 Å². The van der Waals surface area contributed by atoms with Crippen LogP contribution in [-0.4, -0.2) is 19.7 Å². The van der Waals surface area contributed by atoms with Gasteiger partial charge in [0.2, 0.25) is 0 Å². The number of nitriles is 1. The Hall–Kier alpha value is -2.56. The zero-order valence-corrected chi connectivity index (χ0v) is 16.7. The van der Waals surface area contributed by atoms with Crippen LogP contribution in [0.3, 0.4) is 0 Å². The number of halogens is 2. The highest BCUT2D eigenvalue weighted by Crippen LogP contribution is 2.34. The van der Waals surface area contributed by atoms with Crippen LogP contribution < -0.4 is 0 Å². The maximum Gasteiger partial charge on any atom is 0.151 e. The Labute approximate surface area is 165 Å². The normalized spacial score (nSPS) is 11.2. The number of rotatable bonds is 4. The fourth-order valence-corrected chi connectivity index (χ4v) is 3.88. The van der Waals surface area contributed by atoms with Crippen molar-refractivity contribution in [1.29, 1.82) is 5.26 Å². The van der Waals surface area contributed by atoms with Crippen molar-refractivity contribution in [2.24, 2.45) is 0 Å². The predicted molar refractivity (Wildman–Crippen MR) is 106 cm³/mol. The van der Waals surface area contributed by atoms with E-state index in [-0.39, 0.29) is 11.6 Å². The van der Waals surface area contributed by atoms with Crippen molar-refractivity contribution < 1.29 is 12.8 Å². The summed E-state index contributed by atoms with van der Waals surface area (Å²) in [6.45, 7) is 0. The SMILES string of the molecule is CS(=O)(=O)Cc1ccc(-c2cc(C#N)c(Br)nc2-c2ccc(F)cc2)cc1. The van der Waals surface area contributed by atoms with Gasteiger partial charge in [-0.05, 0) is 57.4 Å². The van der Waals surface area contributed by atoms with E-state index in [0.717, 1.165) is 5.56 Å². The molecule has 0 fully saturated rings. The molecule has 0 spiro atoms. The van der Waals surface area contributed by atoms with E-state index in [4.69, 9.17) is 0 Å². The van der Waals surface area contributed by atoms with Gasteiger partial charge in [0.1, 0.15) is 16.5 Å². The first-order valence-corrected chi connectivity index (χ1v) is 10.8. The van der Waals surface area contributed by atoms with Gasteiger partial charge < -0.3 is 0 Å². The summed E-state index contributed by atoms with van der Waals surface area (Å²) in [5.41, 5.74) is 3.83. The zero-order valence-electron chi connectivity index (χ0n) is 14.3. The van der Waals surface area contributed by atoms with Crippen LogP contribution in [0, 0.1) is 17.1 Å². The molecule has 3 aromatic rings. The van der Waals surface area contributed by atoms with E-state index >= 15 is 0 Å². The number of hydrogen-bond acceptors (Lipinski definition) is 4. The summed E-state index contributed by atoms with van der Waals surface area (Å²) in [4.78, 5) is 4.48. The minimum Gasteiger partial charge on any atom is -0.239 e. The molecule has 0 saturated carbocycles. The smallest absolute Gasteiger partial charge is 0.151 e. The molecule has 1 heterocycles. The van der Waals surface area contributed by atoms with Crippen LogP contribution in [0.15, 0.2) is 59.2 Å². The quantitative estimate of drug-likeness (QED) is 0.545. The molecule has 0 radical (unpaired) electrons. The van der Waals surface area contributed by atoms with Gasteiger partial charge in [-0.2, -0.15) is 5.26 Å². The first-order chi connectivity index (χ1) is 12.8. The molecule has 3 rings (SSSR count). The van der Waals surface area contributed by atoms with Crippen LogP contribution in [0.2, 0.25) is 0 Å². The van der Waals surface area contributed by atoms with E-state index in [9.17, 15) is 18.1 Å². The van der Waals surface area contributed by atoms with Gasteiger partial charge in [-0.1, -0.05) is 24.3 Å². The summed E-state index contributed by atoms with van der Waals surface area (Å²) in [7, 11) is -3.12. The number of nitrogens with zero attached hydrogens (tertiary/aromatic N) is 2. The lowest BCUT2D eigenvalue weighted by atomic mass is 9.97. The van der Waals surface area contributed by atoms with Crippen molar-refractivity contribution >= 4 is 25.8 Å². The Morgan fingerprint density at radius 1 is 1.07 bits per heavy atom. The Morgan fingerprint density at radius 3 is 2.22 bits per heavy atom. The molecule has 4 nitrogen and oxygen atoms in total. The topological polar surface area (TPSA) is 70.8 Å². The summed E-state index contributed by atoms with van der Waals surface area (Å²) < 4.78 is 36.6. The third-order valence-electron chi connectivity index (χ3n) is 3.91. The minimum absolute atomic E-state index is 0.0415. The summed E-state index contributed by atoms with van der Waals surface area (Å²) >= 11 is 3.30. The zero-order chi connectivity index (χ0) is 19.6. The van der Waals surface area contributed by atoms with E-state index in [1.807, 2.05) is 0 Å². The Kier molecular flexibility index (Phi) is 5.40. The highest BCUT2D eigenvalue weighted by molar-refractivity contribution is 9.10. The molecule has 0 aliphatic carbocycles. The molecule has 0 amide bonds. The molecule has 0 aliphatic heterocycles. The minimum atomic E-state index is -3.12. The van der Waals surface area contributed by atoms with Crippen LogP contribution in [0.4, 0.5) is 4.39 Å². The van der Waals surface area contributed by atoms with Crippen LogP contribution in [0.5, 0.6) is 0 Å². The summed E-state index contributed by atoms with van der Waals surface area (Å²) in [5, 5.41) is 9.32. The maximum absolute atomic E-state index is 13.3. The van der Waals surface area contributed by atoms with Gasteiger partial charge in [-0.3, -0.25) is 0 Å².